The number of rotatable bonds is 4. The lowest BCUT2D eigenvalue weighted by molar-refractivity contribution is -0.123. The van der Waals surface area contributed by atoms with Crippen LogP contribution >= 0.6 is 0 Å². The summed E-state index contributed by atoms with van der Waals surface area (Å²) in [5, 5.41) is 3.04. The number of likely N-dealkylation sites (tertiary alicyclic amines) is 1. The van der Waals surface area contributed by atoms with E-state index in [0.717, 1.165) is 13.1 Å². The Morgan fingerprint density at radius 2 is 1.90 bits per heavy atom. The molecule has 0 saturated carbocycles. The minimum absolute atomic E-state index is 0.134. The fourth-order valence-corrected chi connectivity index (χ4v) is 3.18. The quantitative estimate of drug-likeness (QED) is 0.915. The molecule has 0 unspecified atom stereocenters. The molecule has 2 rings (SSSR count). The molecule has 1 aromatic rings. The van der Waals surface area contributed by atoms with Crippen molar-refractivity contribution in [2.45, 2.75) is 33.7 Å². The highest BCUT2D eigenvalue weighted by molar-refractivity contribution is 5.78. The number of piperidine rings is 1. The van der Waals surface area contributed by atoms with Gasteiger partial charge in [-0.1, -0.05) is 38.1 Å². The number of carbonyl (C=O) groups is 1. The molecule has 3 heteroatoms. The van der Waals surface area contributed by atoms with Crippen molar-refractivity contribution >= 4 is 5.91 Å². The number of nitrogens with one attached hydrogen (secondary N) is 1. The van der Waals surface area contributed by atoms with E-state index in [4.69, 9.17) is 0 Å². The van der Waals surface area contributed by atoms with Crippen molar-refractivity contribution < 1.29 is 4.79 Å². The van der Waals surface area contributed by atoms with Crippen LogP contribution < -0.4 is 5.32 Å². The van der Waals surface area contributed by atoms with Crippen molar-refractivity contribution in [3.05, 3.63) is 35.4 Å². The van der Waals surface area contributed by atoms with Gasteiger partial charge in [0, 0.05) is 19.6 Å². The molecule has 1 fully saturated rings. The van der Waals surface area contributed by atoms with Crippen molar-refractivity contribution in [3.63, 3.8) is 0 Å². The minimum atomic E-state index is 0.134. The summed E-state index contributed by atoms with van der Waals surface area (Å²) in [6, 6.07) is 8.19. The zero-order valence-corrected chi connectivity index (χ0v) is 12.9. The summed E-state index contributed by atoms with van der Waals surface area (Å²) in [6.45, 7) is 9.87. The maximum atomic E-state index is 12.1. The first kappa shape index (κ1) is 15.0. The van der Waals surface area contributed by atoms with E-state index in [1.54, 1.807) is 0 Å². The van der Waals surface area contributed by atoms with Crippen LogP contribution in [0.25, 0.3) is 0 Å². The van der Waals surface area contributed by atoms with E-state index < -0.39 is 0 Å². The van der Waals surface area contributed by atoms with Crippen molar-refractivity contribution in [3.8, 4) is 0 Å². The van der Waals surface area contributed by atoms with Gasteiger partial charge in [0.05, 0.1) is 6.54 Å². The molecule has 0 radical (unpaired) electrons. The highest BCUT2D eigenvalue weighted by Crippen LogP contribution is 2.20. The van der Waals surface area contributed by atoms with Crippen molar-refractivity contribution in [1.29, 1.82) is 0 Å². The first-order chi connectivity index (χ1) is 9.54. The lowest BCUT2D eigenvalue weighted by atomic mass is 9.92. The van der Waals surface area contributed by atoms with E-state index >= 15 is 0 Å². The second-order valence-electron chi connectivity index (χ2n) is 6.34. The third-order valence-electron chi connectivity index (χ3n) is 4.05. The van der Waals surface area contributed by atoms with E-state index in [9.17, 15) is 4.79 Å². The molecular weight excluding hydrogens is 248 g/mol. The molecule has 1 N–H and O–H groups in total. The van der Waals surface area contributed by atoms with Crippen molar-refractivity contribution in [1.82, 2.24) is 10.2 Å². The Balaban J connectivity index is 1.79. The number of carbonyl (C=O) groups excluding carboxylic acids is 1. The van der Waals surface area contributed by atoms with Gasteiger partial charge in [-0.15, -0.1) is 0 Å². The molecule has 0 aliphatic carbocycles. The molecule has 110 valence electrons. The summed E-state index contributed by atoms with van der Waals surface area (Å²) < 4.78 is 0. The largest absolute Gasteiger partial charge is 0.351 e. The molecule has 1 aliphatic heterocycles. The van der Waals surface area contributed by atoms with Gasteiger partial charge < -0.3 is 5.32 Å². The lowest BCUT2D eigenvalue weighted by Gasteiger charge is -2.34. The molecule has 1 heterocycles. The van der Waals surface area contributed by atoms with Crippen LogP contribution in [0.1, 0.15) is 31.4 Å². The molecule has 0 aromatic heterocycles. The number of benzene rings is 1. The van der Waals surface area contributed by atoms with Gasteiger partial charge in [-0.05, 0) is 36.3 Å². The van der Waals surface area contributed by atoms with E-state index in [1.807, 2.05) is 12.1 Å². The van der Waals surface area contributed by atoms with Gasteiger partial charge in [0.15, 0.2) is 0 Å². The van der Waals surface area contributed by atoms with Gasteiger partial charge in [0.2, 0.25) is 5.91 Å². The second-order valence-corrected chi connectivity index (χ2v) is 6.34. The maximum absolute atomic E-state index is 12.1. The number of amides is 1. The summed E-state index contributed by atoms with van der Waals surface area (Å²) >= 11 is 0. The van der Waals surface area contributed by atoms with Crippen LogP contribution in [0.4, 0.5) is 0 Å². The summed E-state index contributed by atoms with van der Waals surface area (Å²) in [4.78, 5) is 14.3. The molecule has 3 nitrogen and oxygen atoms in total. The molecule has 1 saturated heterocycles. The van der Waals surface area contributed by atoms with E-state index in [-0.39, 0.29) is 5.91 Å². The fraction of sp³-hybridized carbons (Fsp3) is 0.588. The predicted octanol–water partition coefficient (Wildman–Crippen LogP) is 2.59. The summed E-state index contributed by atoms with van der Waals surface area (Å²) in [7, 11) is 0. The first-order valence-corrected chi connectivity index (χ1v) is 7.58. The summed E-state index contributed by atoms with van der Waals surface area (Å²) in [5.74, 6) is 1.53. The molecule has 2 atom stereocenters. The van der Waals surface area contributed by atoms with E-state index in [0.29, 0.717) is 24.9 Å². The van der Waals surface area contributed by atoms with Crippen LogP contribution in [-0.2, 0) is 11.3 Å². The minimum Gasteiger partial charge on any atom is -0.351 e. The van der Waals surface area contributed by atoms with Crippen LogP contribution in [0.3, 0.4) is 0 Å². The average Bonchev–Trinajstić information content (AvgIpc) is 2.36. The van der Waals surface area contributed by atoms with Crippen LogP contribution in [0.15, 0.2) is 24.3 Å². The topological polar surface area (TPSA) is 32.3 Å². The predicted molar refractivity (Wildman–Crippen MR) is 82.4 cm³/mol. The zero-order valence-electron chi connectivity index (χ0n) is 12.9. The van der Waals surface area contributed by atoms with Crippen LogP contribution in [0.5, 0.6) is 0 Å². The number of nitrogens with zero attached hydrogens (tertiary/aromatic N) is 1. The van der Waals surface area contributed by atoms with E-state index in [1.165, 1.54) is 17.5 Å². The Hall–Kier alpha value is -1.35. The third-order valence-corrected chi connectivity index (χ3v) is 4.05. The Bertz CT molecular complexity index is 448. The van der Waals surface area contributed by atoms with E-state index in [2.05, 4.69) is 43.1 Å². The molecular formula is C17H26N2O. The Morgan fingerprint density at radius 1 is 1.25 bits per heavy atom. The van der Waals surface area contributed by atoms with Gasteiger partial charge in [-0.2, -0.15) is 0 Å². The Labute approximate surface area is 122 Å². The zero-order chi connectivity index (χ0) is 14.5. The smallest absolute Gasteiger partial charge is 0.234 e. The number of hydrogen-bond acceptors (Lipinski definition) is 2. The first-order valence-electron chi connectivity index (χ1n) is 7.58. The SMILES string of the molecule is Cc1ccccc1CNC(=O)CN1C[C@H](C)C[C@@H](C)C1. The van der Waals surface area contributed by atoms with Gasteiger partial charge in [-0.25, -0.2) is 0 Å². The summed E-state index contributed by atoms with van der Waals surface area (Å²) in [6.07, 6.45) is 1.28. The molecule has 1 aromatic carbocycles. The van der Waals surface area contributed by atoms with Gasteiger partial charge in [-0.3, -0.25) is 9.69 Å². The highest BCUT2D eigenvalue weighted by atomic mass is 16.2. The van der Waals surface area contributed by atoms with Crippen molar-refractivity contribution in [2.75, 3.05) is 19.6 Å². The Morgan fingerprint density at radius 3 is 2.55 bits per heavy atom. The fourth-order valence-electron chi connectivity index (χ4n) is 3.18. The second kappa shape index (κ2) is 6.89. The van der Waals surface area contributed by atoms with Gasteiger partial charge in [0.1, 0.15) is 0 Å². The molecule has 1 amide bonds. The van der Waals surface area contributed by atoms with Crippen molar-refractivity contribution in [2.24, 2.45) is 11.8 Å². The average molecular weight is 274 g/mol. The summed E-state index contributed by atoms with van der Waals surface area (Å²) in [5.41, 5.74) is 2.43. The highest BCUT2D eigenvalue weighted by Gasteiger charge is 2.23. The van der Waals surface area contributed by atoms with Crippen LogP contribution in [0.2, 0.25) is 0 Å². The van der Waals surface area contributed by atoms with Gasteiger partial charge >= 0.3 is 0 Å². The number of aryl methyl sites for hydroxylation is 1. The van der Waals surface area contributed by atoms with Crippen LogP contribution in [-0.4, -0.2) is 30.4 Å². The maximum Gasteiger partial charge on any atom is 0.234 e. The molecule has 20 heavy (non-hydrogen) atoms. The molecule has 0 bridgehead atoms. The lowest BCUT2D eigenvalue weighted by Crippen LogP contribution is -2.44. The van der Waals surface area contributed by atoms with Crippen LogP contribution in [0, 0.1) is 18.8 Å². The monoisotopic (exact) mass is 274 g/mol. The molecule has 1 aliphatic rings. The van der Waals surface area contributed by atoms with Gasteiger partial charge in [0.25, 0.3) is 0 Å². The normalized spacial score (nSPS) is 23.6. The standard InChI is InChI=1S/C17H26N2O/c1-13-8-14(2)11-19(10-13)12-17(20)18-9-16-7-5-4-6-15(16)3/h4-7,13-14H,8-12H2,1-3H3,(H,18,20)/t13-,14-/m1/s1. The Kier molecular flexibility index (Phi) is 5.18. The number of hydrogen-bond donors (Lipinski definition) is 1. The third kappa shape index (κ3) is 4.34. The molecule has 0 spiro atoms.